The van der Waals surface area contributed by atoms with Gasteiger partial charge in [-0.25, -0.2) is 0 Å². The number of hydrogen-bond donors (Lipinski definition) is 0. The fourth-order valence-electron chi connectivity index (χ4n) is 1.94. The van der Waals surface area contributed by atoms with Gasteiger partial charge in [0.15, 0.2) is 0 Å². The van der Waals surface area contributed by atoms with Crippen LogP contribution in [0.3, 0.4) is 0 Å². The van der Waals surface area contributed by atoms with Gasteiger partial charge in [-0.05, 0) is 18.9 Å². The van der Waals surface area contributed by atoms with Gasteiger partial charge in [0.2, 0.25) is 0 Å². The Balaban J connectivity index is 1.85. The van der Waals surface area contributed by atoms with Crippen molar-refractivity contribution in [2.75, 3.05) is 0 Å². The zero-order valence-corrected chi connectivity index (χ0v) is 9.85. The molecule has 0 N–H and O–H groups in total. The molecule has 1 nitrogen and oxygen atoms in total. The van der Waals surface area contributed by atoms with Crippen molar-refractivity contribution in [1.82, 2.24) is 0 Å². The number of rotatable bonds is 3. The topological polar surface area (TPSA) is 17.1 Å². The van der Waals surface area contributed by atoms with Crippen molar-refractivity contribution < 1.29 is 4.79 Å². The quantitative estimate of drug-likeness (QED) is 0.777. The summed E-state index contributed by atoms with van der Waals surface area (Å²) in [5.41, 5.74) is 2.69. The highest BCUT2D eigenvalue weighted by Crippen LogP contribution is 2.29. The zero-order valence-electron chi connectivity index (χ0n) is 9.03. The van der Waals surface area contributed by atoms with Crippen LogP contribution < -0.4 is 0 Å². The summed E-state index contributed by atoms with van der Waals surface area (Å²) >= 11 is 1.93. The van der Waals surface area contributed by atoms with E-state index >= 15 is 0 Å². The van der Waals surface area contributed by atoms with Crippen LogP contribution in [0.25, 0.3) is 0 Å². The van der Waals surface area contributed by atoms with Crippen LogP contribution in [0.4, 0.5) is 0 Å². The number of aryl methyl sites for hydroxylation is 1. The van der Waals surface area contributed by atoms with E-state index in [0.717, 1.165) is 25.0 Å². The molecule has 0 amide bonds. The van der Waals surface area contributed by atoms with Crippen LogP contribution in [0.5, 0.6) is 0 Å². The van der Waals surface area contributed by atoms with Crippen LogP contribution in [0.1, 0.15) is 30.4 Å². The Bertz CT molecular complexity index is 359. The Hall–Kier alpha value is -0.760. The molecule has 2 rings (SSSR count). The SMILES string of the molecule is Cc1cccc(CSC2CCC(=O)C2)c1. The summed E-state index contributed by atoms with van der Waals surface area (Å²) in [6.45, 7) is 2.12. The first-order chi connectivity index (χ1) is 7.24. The molecule has 0 aromatic heterocycles. The average Bonchev–Trinajstić information content (AvgIpc) is 2.62. The Labute approximate surface area is 95.3 Å². The molecule has 1 aliphatic carbocycles. The second-order valence-electron chi connectivity index (χ2n) is 4.20. The van der Waals surface area contributed by atoms with Gasteiger partial charge < -0.3 is 0 Å². The Morgan fingerprint density at radius 3 is 3.00 bits per heavy atom. The van der Waals surface area contributed by atoms with Crippen LogP contribution in [0.2, 0.25) is 0 Å². The maximum Gasteiger partial charge on any atom is 0.134 e. The van der Waals surface area contributed by atoms with Gasteiger partial charge in [-0.15, -0.1) is 0 Å². The molecule has 1 saturated carbocycles. The molecule has 2 heteroatoms. The maximum atomic E-state index is 11.1. The summed E-state index contributed by atoms with van der Waals surface area (Å²) in [6.07, 6.45) is 2.66. The van der Waals surface area contributed by atoms with E-state index in [0.29, 0.717) is 11.0 Å². The molecule has 1 atom stereocenters. The standard InChI is InChI=1S/C13H16OS/c1-10-3-2-4-11(7-10)9-15-13-6-5-12(14)8-13/h2-4,7,13H,5-6,8-9H2,1H3. The highest BCUT2D eigenvalue weighted by atomic mass is 32.2. The number of thioether (sulfide) groups is 1. The van der Waals surface area contributed by atoms with E-state index in [4.69, 9.17) is 0 Å². The molecular weight excluding hydrogens is 204 g/mol. The van der Waals surface area contributed by atoms with E-state index in [-0.39, 0.29) is 0 Å². The van der Waals surface area contributed by atoms with Gasteiger partial charge in [0, 0.05) is 23.8 Å². The van der Waals surface area contributed by atoms with Gasteiger partial charge >= 0.3 is 0 Å². The monoisotopic (exact) mass is 220 g/mol. The molecule has 0 heterocycles. The van der Waals surface area contributed by atoms with Crippen molar-refractivity contribution in [2.24, 2.45) is 0 Å². The van der Waals surface area contributed by atoms with E-state index in [9.17, 15) is 4.79 Å². The minimum absolute atomic E-state index is 0.441. The third kappa shape index (κ3) is 3.10. The van der Waals surface area contributed by atoms with Gasteiger partial charge in [0.25, 0.3) is 0 Å². The summed E-state index contributed by atoms with van der Waals surface area (Å²) < 4.78 is 0. The van der Waals surface area contributed by atoms with Crippen LogP contribution in [0, 0.1) is 6.92 Å². The first-order valence-corrected chi connectivity index (χ1v) is 6.48. The molecule has 1 aromatic carbocycles. The van der Waals surface area contributed by atoms with Gasteiger partial charge in [0.05, 0.1) is 0 Å². The smallest absolute Gasteiger partial charge is 0.134 e. The molecule has 80 valence electrons. The van der Waals surface area contributed by atoms with Gasteiger partial charge in [-0.1, -0.05) is 29.8 Å². The summed E-state index contributed by atoms with van der Waals surface area (Å²) in [5, 5.41) is 0.568. The van der Waals surface area contributed by atoms with Crippen molar-refractivity contribution in [1.29, 1.82) is 0 Å². The number of Topliss-reactive ketones (excluding diaryl/α,β-unsaturated/α-hetero) is 1. The van der Waals surface area contributed by atoms with E-state index in [2.05, 4.69) is 31.2 Å². The zero-order chi connectivity index (χ0) is 10.7. The minimum Gasteiger partial charge on any atom is -0.300 e. The predicted octanol–water partition coefficient (Wildman–Crippen LogP) is 3.35. The maximum absolute atomic E-state index is 11.1. The molecule has 0 saturated heterocycles. The summed E-state index contributed by atoms with van der Waals surface area (Å²) in [6, 6.07) is 8.61. The third-order valence-corrected chi connectivity index (χ3v) is 4.14. The fourth-order valence-corrected chi connectivity index (χ4v) is 3.13. The number of carbonyl (C=O) groups excluding carboxylic acids is 1. The molecule has 0 aliphatic heterocycles. The first-order valence-electron chi connectivity index (χ1n) is 5.43. The van der Waals surface area contributed by atoms with Gasteiger partial charge in [-0.2, -0.15) is 11.8 Å². The van der Waals surface area contributed by atoms with Crippen molar-refractivity contribution in [3.05, 3.63) is 35.4 Å². The summed E-state index contributed by atoms with van der Waals surface area (Å²) in [5.74, 6) is 1.48. The van der Waals surface area contributed by atoms with E-state index in [1.807, 2.05) is 11.8 Å². The lowest BCUT2D eigenvalue weighted by atomic mass is 10.2. The molecular formula is C13H16OS. The lowest BCUT2D eigenvalue weighted by Crippen LogP contribution is -1.97. The average molecular weight is 220 g/mol. The van der Waals surface area contributed by atoms with E-state index in [1.165, 1.54) is 11.1 Å². The molecule has 0 spiro atoms. The summed E-state index contributed by atoms with van der Waals surface area (Å²) in [7, 11) is 0. The Morgan fingerprint density at radius 1 is 1.47 bits per heavy atom. The highest BCUT2D eigenvalue weighted by molar-refractivity contribution is 7.99. The van der Waals surface area contributed by atoms with Gasteiger partial charge in [-0.3, -0.25) is 4.79 Å². The molecule has 0 radical (unpaired) electrons. The van der Waals surface area contributed by atoms with Gasteiger partial charge in [0.1, 0.15) is 5.78 Å². The number of hydrogen-bond acceptors (Lipinski definition) is 2. The second-order valence-corrected chi connectivity index (χ2v) is 5.49. The molecule has 0 bridgehead atoms. The predicted molar refractivity (Wildman–Crippen MR) is 65.1 cm³/mol. The molecule has 1 fully saturated rings. The molecule has 15 heavy (non-hydrogen) atoms. The number of ketones is 1. The number of benzene rings is 1. The third-order valence-electron chi connectivity index (χ3n) is 2.77. The normalized spacial score (nSPS) is 20.9. The van der Waals surface area contributed by atoms with E-state index < -0.39 is 0 Å². The largest absolute Gasteiger partial charge is 0.300 e. The summed E-state index contributed by atoms with van der Waals surface area (Å²) in [4.78, 5) is 11.1. The lowest BCUT2D eigenvalue weighted by molar-refractivity contribution is -0.117. The van der Waals surface area contributed by atoms with Crippen LogP contribution >= 0.6 is 11.8 Å². The Kier molecular flexibility index (Phi) is 3.47. The Morgan fingerprint density at radius 2 is 2.33 bits per heavy atom. The van der Waals surface area contributed by atoms with Crippen LogP contribution in [-0.4, -0.2) is 11.0 Å². The van der Waals surface area contributed by atoms with Crippen molar-refractivity contribution in [3.63, 3.8) is 0 Å². The van der Waals surface area contributed by atoms with Crippen molar-refractivity contribution in [3.8, 4) is 0 Å². The number of carbonyl (C=O) groups is 1. The molecule has 1 aromatic rings. The minimum atomic E-state index is 0.441. The van der Waals surface area contributed by atoms with Crippen LogP contribution in [0.15, 0.2) is 24.3 Å². The van der Waals surface area contributed by atoms with E-state index in [1.54, 1.807) is 0 Å². The fraction of sp³-hybridized carbons (Fsp3) is 0.462. The van der Waals surface area contributed by atoms with Crippen LogP contribution in [-0.2, 0) is 10.5 Å². The molecule has 1 aliphatic rings. The second kappa shape index (κ2) is 4.84. The lowest BCUT2D eigenvalue weighted by Gasteiger charge is -2.07. The molecule has 1 unspecified atom stereocenters. The van der Waals surface area contributed by atoms with Crippen molar-refractivity contribution in [2.45, 2.75) is 37.2 Å². The van der Waals surface area contributed by atoms with Crippen molar-refractivity contribution >= 4 is 17.5 Å². The first kappa shape index (κ1) is 10.7. The highest BCUT2D eigenvalue weighted by Gasteiger charge is 2.21.